The van der Waals surface area contributed by atoms with Crippen LogP contribution in [0.15, 0.2) is 81.0 Å². The molecular formula is C30H18BrF6N3O5S2. The van der Waals surface area contributed by atoms with E-state index >= 15 is 0 Å². The number of thiazole rings is 1. The molecule has 2 N–H and O–H groups in total. The van der Waals surface area contributed by atoms with Crippen LogP contribution in [0.25, 0.3) is 0 Å². The molecule has 244 valence electrons. The lowest BCUT2D eigenvalue weighted by molar-refractivity contribution is -0.138. The standard InChI is InChI=1S/C30H18BrF6N3O5S2/c31-15-7-8-19(45-12-20(41)38-16-5-1-3-13(9-16)29(32,33)34)18(11-15)21-22-24(46-25-23(21)47-28(44)39-25)27(43)40(26(22)42)17-6-2-4-14(10-17)30(35,36)37/h1-11,21-22,24H,12H2,(H,38,41)(H,39,44). The van der Waals surface area contributed by atoms with Crippen LogP contribution in [0.5, 0.6) is 5.75 Å². The van der Waals surface area contributed by atoms with Crippen LogP contribution in [0.1, 0.15) is 27.5 Å². The summed E-state index contributed by atoms with van der Waals surface area (Å²) in [6.45, 7) is -0.667. The Labute approximate surface area is 277 Å². The van der Waals surface area contributed by atoms with Crippen molar-refractivity contribution in [1.82, 2.24) is 4.98 Å². The number of benzene rings is 3. The number of anilines is 2. The average molecular weight is 759 g/mol. The Balaban J connectivity index is 1.34. The van der Waals surface area contributed by atoms with Gasteiger partial charge in [-0.05, 0) is 54.6 Å². The van der Waals surface area contributed by atoms with Gasteiger partial charge in [-0.2, -0.15) is 26.3 Å². The summed E-state index contributed by atoms with van der Waals surface area (Å²) in [6.07, 6.45) is -9.36. The number of rotatable bonds is 6. The number of H-pyrrole nitrogens is 1. The lowest BCUT2D eigenvalue weighted by Gasteiger charge is -2.31. The molecule has 47 heavy (non-hydrogen) atoms. The summed E-state index contributed by atoms with van der Waals surface area (Å²) in [5.74, 6) is -4.50. The number of hydrogen-bond acceptors (Lipinski definition) is 7. The number of carbonyl (C=O) groups excluding carboxylic acids is 3. The summed E-state index contributed by atoms with van der Waals surface area (Å²) < 4.78 is 86.1. The van der Waals surface area contributed by atoms with Gasteiger partial charge in [-0.1, -0.05) is 51.2 Å². The van der Waals surface area contributed by atoms with E-state index in [0.717, 1.165) is 53.4 Å². The van der Waals surface area contributed by atoms with Crippen molar-refractivity contribution in [3.8, 4) is 5.75 Å². The molecule has 1 saturated heterocycles. The highest BCUT2D eigenvalue weighted by Crippen LogP contribution is 2.55. The topological polar surface area (TPSA) is 109 Å². The smallest absolute Gasteiger partial charge is 0.416 e. The molecule has 3 heterocycles. The molecule has 1 aromatic heterocycles. The Bertz CT molecular complexity index is 1980. The summed E-state index contributed by atoms with van der Waals surface area (Å²) >= 11 is 5.07. The number of nitrogens with one attached hydrogen (secondary N) is 2. The van der Waals surface area contributed by atoms with E-state index in [2.05, 4.69) is 26.2 Å². The second-order valence-corrected chi connectivity index (χ2v) is 13.5. The molecule has 2 aliphatic heterocycles. The normalized spacial score (nSPS) is 19.4. The Morgan fingerprint density at radius 2 is 1.60 bits per heavy atom. The third kappa shape index (κ3) is 6.43. The van der Waals surface area contributed by atoms with Crippen LogP contribution >= 0.6 is 39.0 Å². The fourth-order valence-corrected chi connectivity index (χ4v) is 8.32. The zero-order chi connectivity index (χ0) is 33.8. The Morgan fingerprint density at radius 3 is 2.30 bits per heavy atom. The number of aromatic nitrogens is 1. The van der Waals surface area contributed by atoms with Gasteiger partial charge in [-0.3, -0.25) is 19.2 Å². The van der Waals surface area contributed by atoms with E-state index in [4.69, 9.17) is 4.74 Å². The monoisotopic (exact) mass is 757 g/mol. The van der Waals surface area contributed by atoms with E-state index in [1.54, 1.807) is 12.1 Å². The first-order valence-corrected chi connectivity index (χ1v) is 15.9. The number of hydrogen-bond donors (Lipinski definition) is 2. The molecule has 8 nitrogen and oxygen atoms in total. The fraction of sp³-hybridized carbons (Fsp3) is 0.200. The summed E-state index contributed by atoms with van der Waals surface area (Å²) in [7, 11) is 0. The zero-order valence-corrected chi connectivity index (χ0v) is 26.5. The van der Waals surface area contributed by atoms with Crippen LogP contribution in [-0.2, 0) is 26.7 Å². The van der Waals surface area contributed by atoms with Gasteiger partial charge < -0.3 is 15.0 Å². The molecule has 3 atom stereocenters. The molecule has 2 aliphatic rings. The van der Waals surface area contributed by atoms with Crippen LogP contribution in [0.4, 0.5) is 37.7 Å². The summed E-state index contributed by atoms with van der Waals surface area (Å²) in [5, 5.41) is 1.51. The minimum Gasteiger partial charge on any atom is -0.483 e. The first kappa shape index (κ1) is 32.8. The van der Waals surface area contributed by atoms with Gasteiger partial charge in [0.2, 0.25) is 11.8 Å². The van der Waals surface area contributed by atoms with Crippen molar-refractivity contribution in [2.75, 3.05) is 16.8 Å². The number of alkyl halides is 6. The molecule has 3 amide bonds. The van der Waals surface area contributed by atoms with E-state index in [1.165, 1.54) is 18.2 Å². The van der Waals surface area contributed by atoms with Gasteiger partial charge in [0, 0.05) is 26.5 Å². The highest BCUT2D eigenvalue weighted by atomic mass is 79.9. The van der Waals surface area contributed by atoms with Crippen molar-refractivity contribution >= 4 is 68.1 Å². The van der Waals surface area contributed by atoms with Crippen molar-refractivity contribution in [3.63, 3.8) is 0 Å². The van der Waals surface area contributed by atoms with Gasteiger partial charge in [0.15, 0.2) is 6.61 Å². The first-order chi connectivity index (χ1) is 22.1. The summed E-state index contributed by atoms with van der Waals surface area (Å²) in [4.78, 5) is 56.1. The number of aromatic amines is 1. The van der Waals surface area contributed by atoms with E-state index in [-0.39, 0.29) is 22.7 Å². The number of nitrogens with zero attached hydrogens (tertiary/aromatic N) is 1. The number of amides is 3. The van der Waals surface area contributed by atoms with Crippen LogP contribution in [0.3, 0.4) is 0 Å². The SMILES string of the molecule is O=C(COc1ccc(Br)cc1C1c2sc(=O)[nH]c2SC2C(=O)N(c3cccc(C(F)(F)F)c3)C(=O)C21)Nc1cccc(C(F)(F)F)c1. The lowest BCUT2D eigenvalue weighted by Crippen LogP contribution is -2.32. The zero-order valence-electron chi connectivity index (χ0n) is 23.2. The molecule has 1 fully saturated rings. The number of thioether (sulfide) groups is 1. The van der Waals surface area contributed by atoms with Crippen LogP contribution in [0.2, 0.25) is 0 Å². The molecule has 6 rings (SSSR count). The highest BCUT2D eigenvalue weighted by molar-refractivity contribution is 9.10. The fourth-order valence-electron chi connectivity index (χ4n) is 5.44. The molecule has 3 aromatic carbocycles. The van der Waals surface area contributed by atoms with Gasteiger partial charge in [0.05, 0.1) is 27.8 Å². The Kier molecular flexibility index (Phi) is 8.50. The van der Waals surface area contributed by atoms with Crippen LogP contribution in [0, 0.1) is 5.92 Å². The van der Waals surface area contributed by atoms with Crippen LogP contribution < -0.4 is 19.8 Å². The van der Waals surface area contributed by atoms with Crippen molar-refractivity contribution in [3.05, 3.63) is 102 Å². The largest absolute Gasteiger partial charge is 0.483 e. The molecule has 0 bridgehead atoms. The number of imide groups is 1. The van der Waals surface area contributed by atoms with E-state index in [0.29, 0.717) is 25.3 Å². The Morgan fingerprint density at radius 1 is 0.915 bits per heavy atom. The lowest BCUT2D eigenvalue weighted by atomic mass is 9.82. The van der Waals surface area contributed by atoms with Gasteiger partial charge in [-0.25, -0.2) is 4.90 Å². The first-order valence-electron chi connectivity index (χ1n) is 13.5. The minimum atomic E-state index is -4.73. The second kappa shape index (κ2) is 12.2. The molecule has 0 saturated carbocycles. The van der Waals surface area contributed by atoms with Crippen molar-refractivity contribution < 1.29 is 45.5 Å². The third-order valence-corrected chi connectivity index (χ3v) is 10.3. The summed E-state index contributed by atoms with van der Waals surface area (Å²) in [6, 6.07) is 12.4. The molecule has 0 spiro atoms. The maximum Gasteiger partial charge on any atom is 0.416 e. The number of ether oxygens (including phenoxy) is 1. The highest BCUT2D eigenvalue weighted by Gasteiger charge is 2.57. The predicted molar refractivity (Wildman–Crippen MR) is 164 cm³/mol. The van der Waals surface area contributed by atoms with Gasteiger partial charge in [-0.15, -0.1) is 0 Å². The third-order valence-electron chi connectivity index (χ3n) is 7.39. The maximum atomic E-state index is 14.0. The second-order valence-electron chi connectivity index (χ2n) is 10.4. The minimum absolute atomic E-state index is 0.0626. The van der Waals surface area contributed by atoms with Gasteiger partial charge in [0.25, 0.3) is 5.91 Å². The Hall–Kier alpha value is -4.09. The predicted octanol–water partition coefficient (Wildman–Crippen LogP) is 7.05. The number of fused-ring (bicyclic) bond motifs is 2. The van der Waals surface area contributed by atoms with Crippen LogP contribution in [-0.4, -0.2) is 34.6 Å². The molecule has 4 aromatic rings. The van der Waals surface area contributed by atoms with Crippen molar-refractivity contribution in [2.45, 2.75) is 28.5 Å². The maximum absolute atomic E-state index is 14.0. The quantitative estimate of drug-likeness (QED) is 0.161. The van der Waals surface area contributed by atoms with Crippen molar-refractivity contribution in [1.29, 1.82) is 0 Å². The van der Waals surface area contributed by atoms with E-state index < -0.39 is 69.8 Å². The van der Waals surface area contributed by atoms with E-state index in [9.17, 15) is 45.5 Å². The number of carbonyl (C=O) groups is 3. The van der Waals surface area contributed by atoms with Gasteiger partial charge in [0.1, 0.15) is 11.0 Å². The average Bonchev–Trinajstić information content (AvgIpc) is 3.49. The van der Waals surface area contributed by atoms with E-state index in [1.807, 2.05) is 0 Å². The molecular weight excluding hydrogens is 740 g/mol. The van der Waals surface area contributed by atoms with Crippen molar-refractivity contribution in [2.24, 2.45) is 5.92 Å². The molecule has 17 heteroatoms. The number of halogens is 7. The molecule has 3 unspecified atom stereocenters. The summed E-state index contributed by atoms with van der Waals surface area (Å²) in [5.41, 5.74) is -2.12. The molecule has 0 aliphatic carbocycles. The molecule has 0 radical (unpaired) electrons. The van der Waals surface area contributed by atoms with Gasteiger partial charge >= 0.3 is 17.2 Å².